The Kier molecular flexibility index (Phi) is 3.74. The first-order valence-electron chi connectivity index (χ1n) is 4.75. The maximum atomic E-state index is 13.3. The largest absolute Gasteiger partial charge is 0.330 e. The van der Waals surface area contributed by atoms with Gasteiger partial charge in [0, 0.05) is 0 Å². The van der Waals surface area contributed by atoms with Gasteiger partial charge in [-0.3, -0.25) is 0 Å². The number of hydrogen-bond acceptors (Lipinski definition) is 1. The second kappa shape index (κ2) is 4.66. The molecule has 0 saturated heterocycles. The predicted octanol–water partition coefficient (Wildman–Crippen LogP) is 3.13. The van der Waals surface area contributed by atoms with Gasteiger partial charge in [0.1, 0.15) is 5.82 Å². The summed E-state index contributed by atoms with van der Waals surface area (Å²) in [6, 6.07) is 2.72. The van der Waals surface area contributed by atoms with E-state index in [1.165, 1.54) is 6.92 Å². The fourth-order valence-electron chi connectivity index (χ4n) is 1.48. The highest BCUT2D eigenvalue weighted by Gasteiger charge is 2.18. The minimum atomic E-state index is -2.77. The van der Waals surface area contributed by atoms with E-state index in [9.17, 15) is 13.2 Å². The highest BCUT2D eigenvalue weighted by atomic mass is 19.3. The average Bonchev–Trinajstić information content (AvgIpc) is 2.14. The molecule has 1 aromatic rings. The Morgan fingerprint density at radius 3 is 2.33 bits per heavy atom. The van der Waals surface area contributed by atoms with Gasteiger partial charge in [-0.1, -0.05) is 13.0 Å². The van der Waals surface area contributed by atoms with Crippen LogP contribution in [0.2, 0.25) is 0 Å². The Labute approximate surface area is 87.1 Å². The smallest absolute Gasteiger partial charge is 0.266 e. The fraction of sp³-hybridized carbons (Fsp3) is 0.455. The normalized spacial score (nSPS) is 13.3. The lowest BCUT2D eigenvalue weighted by molar-refractivity contribution is 0.145. The monoisotopic (exact) mass is 217 g/mol. The van der Waals surface area contributed by atoms with Gasteiger partial charge in [-0.05, 0) is 36.6 Å². The second-order valence-corrected chi connectivity index (χ2v) is 3.67. The molecule has 2 N–H and O–H groups in total. The predicted molar refractivity (Wildman–Crippen MR) is 53.6 cm³/mol. The fourth-order valence-corrected chi connectivity index (χ4v) is 1.48. The van der Waals surface area contributed by atoms with Crippen molar-refractivity contribution in [1.29, 1.82) is 0 Å². The molecule has 0 radical (unpaired) electrons. The van der Waals surface area contributed by atoms with Crippen LogP contribution in [0, 0.1) is 12.7 Å². The van der Waals surface area contributed by atoms with Crippen LogP contribution >= 0.6 is 0 Å². The Morgan fingerprint density at radius 1 is 1.33 bits per heavy atom. The van der Waals surface area contributed by atoms with Gasteiger partial charge < -0.3 is 5.73 Å². The van der Waals surface area contributed by atoms with Crippen molar-refractivity contribution in [3.63, 3.8) is 0 Å². The summed E-state index contributed by atoms with van der Waals surface area (Å²) in [7, 11) is 0. The van der Waals surface area contributed by atoms with Crippen molar-refractivity contribution in [2.45, 2.75) is 26.2 Å². The van der Waals surface area contributed by atoms with Crippen LogP contribution in [-0.4, -0.2) is 6.54 Å². The first-order valence-corrected chi connectivity index (χ1v) is 4.75. The molecule has 0 amide bonds. The van der Waals surface area contributed by atoms with Crippen LogP contribution in [0.5, 0.6) is 0 Å². The van der Waals surface area contributed by atoms with Gasteiger partial charge in [-0.15, -0.1) is 0 Å². The Balaban J connectivity index is 3.19. The molecule has 0 aromatic heterocycles. The molecule has 0 aliphatic heterocycles. The minimum Gasteiger partial charge on any atom is -0.330 e. The van der Waals surface area contributed by atoms with Crippen molar-refractivity contribution < 1.29 is 13.2 Å². The van der Waals surface area contributed by atoms with Crippen LogP contribution in [0.3, 0.4) is 0 Å². The second-order valence-electron chi connectivity index (χ2n) is 3.67. The van der Waals surface area contributed by atoms with E-state index in [-0.39, 0.29) is 11.5 Å². The molecule has 0 heterocycles. The third-order valence-electron chi connectivity index (χ3n) is 2.50. The number of nitrogens with two attached hydrogens (primary N) is 1. The van der Waals surface area contributed by atoms with Gasteiger partial charge in [0.15, 0.2) is 0 Å². The molecule has 0 bridgehead atoms. The number of hydrogen-bond donors (Lipinski definition) is 1. The number of benzene rings is 1. The van der Waals surface area contributed by atoms with Crippen molar-refractivity contribution in [3.8, 4) is 0 Å². The molecular weight excluding hydrogens is 203 g/mol. The summed E-state index contributed by atoms with van der Waals surface area (Å²) in [5, 5.41) is 0. The van der Waals surface area contributed by atoms with E-state index in [0.717, 1.165) is 6.07 Å². The molecule has 84 valence electrons. The van der Waals surface area contributed by atoms with Crippen molar-refractivity contribution >= 4 is 0 Å². The maximum Gasteiger partial charge on any atom is 0.266 e. The highest BCUT2D eigenvalue weighted by Crippen LogP contribution is 2.28. The lowest BCUT2D eigenvalue weighted by Gasteiger charge is -2.13. The highest BCUT2D eigenvalue weighted by molar-refractivity contribution is 5.35. The molecule has 0 aliphatic carbocycles. The zero-order valence-electron chi connectivity index (χ0n) is 8.73. The van der Waals surface area contributed by atoms with Gasteiger partial charge in [0.2, 0.25) is 0 Å². The molecule has 0 saturated carbocycles. The zero-order valence-corrected chi connectivity index (χ0v) is 8.73. The molecule has 0 fully saturated rings. The third kappa shape index (κ3) is 2.50. The number of rotatable bonds is 3. The van der Waals surface area contributed by atoms with Gasteiger partial charge in [-0.2, -0.15) is 0 Å². The van der Waals surface area contributed by atoms with Crippen LogP contribution in [0.25, 0.3) is 0 Å². The molecular formula is C11H14F3N. The molecule has 4 heteroatoms. The number of alkyl halides is 2. The summed E-state index contributed by atoms with van der Waals surface area (Å²) in [6.45, 7) is 3.68. The first kappa shape index (κ1) is 12.0. The average molecular weight is 217 g/mol. The molecule has 1 unspecified atom stereocenters. The summed E-state index contributed by atoms with van der Waals surface area (Å²) in [5.74, 6) is -0.870. The van der Waals surface area contributed by atoms with E-state index in [1.54, 1.807) is 6.07 Å². The van der Waals surface area contributed by atoms with Crippen LogP contribution in [0.1, 0.15) is 36.0 Å². The Hall–Kier alpha value is -1.03. The minimum absolute atomic E-state index is 0.0232. The van der Waals surface area contributed by atoms with Crippen LogP contribution < -0.4 is 5.73 Å². The van der Waals surface area contributed by atoms with Crippen molar-refractivity contribution in [2.24, 2.45) is 5.73 Å². The summed E-state index contributed by atoms with van der Waals surface area (Å²) in [5.41, 5.74) is 5.86. The van der Waals surface area contributed by atoms with E-state index >= 15 is 0 Å². The molecule has 1 aromatic carbocycles. The van der Waals surface area contributed by atoms with Crippen LogP contribution in [0.15, 0.2) is 12.1 Å². The Bertz CT molecular complexity index is 327. The standard InChI is InChI=1S/C11H14F3N/c1-6-3-8(7(2)5-15)4-9(12)10(6)11(13)14/h3-4,7,11H,5,15H2,1-2H3. The van der Waals surface area contributed by atoms with Crippen molar-refractivity contribution in [2.75, 3.05) is 6.54 Å². The number of aryl methyl sites for hydroxylation is 1. The SMILES string of the molecule is Cc1cc(C(C)CN)cc(F)c1C(F)F. The van der Waals surface area contributed by atoms with Gasteiger partial charge in [-0.25, -0.2) is 13.2 Å². The topological polar surface area (TPSA) is 26.0 Å². The summed E-state index contributed by atoms with van der Waals surface area (Å²) in [6.07, 6.45) is -2.77. The molecule has 0 aliphatic rings. The van der Waals surface area contributed by atoms with Crippen LogP contribution in [0.4, 0.5) is 13.2 Å². The zero-order chi connectivity index (χ0) is 11.6. The van der Waals surface area contributed by atoms with Gasteiger partial charge in [0.25, 0.3) is 6.43 Å². The van der Waals surface area contributed by atoms with Gasteiger partial charge in [0.05, 0.1) is 5.56 Å². The molecule has 15 heavy (non-hydrogen) atoms. The molecule has 1 atom stereocenters. The molecule has 1 rings (SSSR count). The summed E-state index contributed by atoms with van der Waals surface area (Å²) < 4.78 is 38.2. The molecule has 1 nitrogen and oxygen atoms in total. The quantitative estimate of drug-likeness (QED) is 0.827. The van der Waals surface area contributed by atoms with E-state index in [1.807, 2.05) is 6.92 Å². The van der Waals surface area contributed by atoms with Crippen molar-refractivity contribution in [1.82, 2.24) is 0 Å². The third-order valence-corrected chi connectivity index (χ3v) is 2.50. The molecule has 0 spiro atoms. The van der Waals surface area contributed by atoms with E-state index in [2.05, 4.69) is 0 Å². The summed E-state index contributed by atoms with van der Waals surface area (Å²) >= 11 is 0. The van der Waals surface area contributed by atoms with E-state index < -0.39 is 17.8 Å². The van der Waals surface area contributed by atoms with Crippen molar-refractivity contribution in [3.05, 3.63) is 34.6 Å². The number of halogens is 3. The van der Waals surface area contributed by atoms with E-state index in [4.69, 9.17) is 5.73 Å². The van der Waals surface area contributed by atoms with Crippen LogP contribution in [-0.2, 0) is 0 Å². The first-order chi connectivity index (χ1) is 6.97. The summed E-state index contributed by atoms with van der Waals surface area (Å²) in [4.78, 5) is 0. The lowest BCUT2D eigenvalue weighted by atomic mass is 9.96. The van der Waals surface area contributed by atoms with Gasteiger partial charge >= 0.3 is 0 Å². The Morgan fingerprint density at radius 2 is 1.93 bits per heavy atom. The maximum absolute atomic E-state index is 13.3. The lowest BCUT2D eigenvalue weighted by Crippen LogP contribution is -2.10. The van der Waals surface area contributed by atoms with E-state index in [0.29, 0.717) is 12.1 Å².